The van der Waals surface area contributed by atoms with Gasteiger partial charge in [-0.3, -0.25) is 4.79 Å². The molecule has 112 valence electrons. The second-order valence-corrected chi connectivity index (χ2v) is 7.03. The van der Waals surface area contributed by atoms with E-state index in [1.807, 2.05) is 0 Å². The largest absolute Gasteiger partial charge is 0.342 e. The molecule has 4 unspecified atom stereocenters. The van der Waals surface area contributed by atoms with Gasteiger partial charge in [-0.2, -0.15) is 0 Å². The molecule has 0 saturated heterocycles. The Morgan fingerprint density at radius 1 is 1.05 bits per heavy atom. The van der Waals surface area contributed by atoms with Gasteiger partial charge >= 0.3 is 0 Å². The van der Waals surface area contributed by atoms with Gasteiger partial charge in [-0.05, 0) is 55.1 Å². The van der Waals surface area contributed by atoms with E-state index in [1.165, 1.54) is 30.4 Å². The summed E-state index contributed by atoms with van der Waals surface area (Å²) < 4.78 is 0. The summed E-state index contributed by atoms with van der Waals surface area (Å²) in [5, 5.41) is 0. The Morgan fingerprint density at radius 3 is 2.24 bits per heavy atom. The quantitative estimate of drug-likeness (QED) is 0.857. The molecule has 1 heterocycles. The predicted molar refractivity (Wildman–Crippen MR) is 82.7 cm³/mol. The number of nitrogens with two attached hydrogens (primary N) is 1. The summed E-state index contributed by atoms with van der Waals surface area (Å²) in [6.07, 6.45) is 5.60. The second kappa shape index (κ2) is 5.13. The maximum Gasteiger partial charge on any atom is 0.227 e. The molecule has 2 aliphatic carbocycles. The first-order chi connectivity index (χ1) is 10.2. The Labute approximate surface area is 126 Å². The lowest BCUT2D eigenvalue weighted by Crippen LogP contribution is -2.47. The minimum absolute atomic E-state index is 0.102. The number of fused-ring (bicyclic) bond motifs is 3. The molecule has 2 bridgehead atoms. The zero-order valence-corrected chi connectivity index (χ0v) is 12.5. The third-order valence-electron chi connectivity index (χ3n) is 6.00. The van der Waals surface area contributed by atoms with Crippen molar-refractivity contribution in [2.24, 2.45) is 23.5 Å². The number of carbonyl (C=O) groups excluding carboxylic acids is 1. The van der Waals surface area contributed by atoms with Gasteiger partial charge in [0.15, 0.2) is 0 Å². The summed E-state index contributed by atoms with van der Waals surface area (Å²) in [6, 6.07) is 8.71. The molecule has 1 amide bonds. The first-order valence-electron chi connectivity index (χ1n) is 8.35. The molecule has 0 aromatic heterocycles. The van der Waals surface area contributed by atoms with Gasteiger partial charge in [-0.25, -0.2) is 0 Å². The molecule has 1 aliphatic heterocycles. The van der Waals surface area contributed by atoms with Crippen LogP contribution in [-0.4, -0.2) is 29.9 Å². The molecule has 2 saturated carbocycles. The van der Waals surface area contributed by atoms with Gasteiger partial charge in [-0.1, -0.05) is 24.3 Å². The third-order valence-corrected chi connectivity index (χ3v) is 6.00. The number of hydrogen-bond donors (Lipinski definition) is 1. The van der Waals surface area contributed by atoms with Crippen LogP contribution in [0.5, 0.6) is 0 Å². The first kappa shape index (κ1) is 13.3. The van der Waals surface area contributed by atoms with Crippen LogP contribution in [0.25, 0.3) is 0 Å². The van der Waals surface area contributed by atoms with Crippen molar-refractivity contribution in [3.63, 3.8) is 0 Å². The molecule has 1 aromatic carbocycles. The molecule has 2 fully saturated rings. The second-order valence-electron chi connectivity index (χ2n) is 7.03. The van der Waals surface area contributed by atoms with Crippen LogP contribution < -0.4 is 5.73 Å². The van der Waals surface area contributed by atoms with E-state index >= 15 is 0 Å². The fourth-order valence-corrected chi connectivity index (χ4v) is 4.80. The Balaban J connectivity index is 1.49. The molecular formula is C18H24N2O. The van der Waals surface area contributed by atoms with Crippen LogP contribution in [0.1, 0.15) is 30.4 Å². The highest BCUT2D eigenvalue weighted by atomic mass is 16.2. The number of hydrogen-bond acceptors (Lipinski definition) is 2. The summed E-state index contributed by atoms with van der Waals surface area (Å²) >= 11 is 0. The normalized spacial score (nSPS) is 34.6. The van der Waals surface area contributed by atoms with E-state index < -0.39 is 0 Å². The van der Waals surface area contributed by atoms with Gasteiger partial charge in [0.25, 0.3) is 0 Å². The predicted octanol–water partition coefficient (Wildman–Crippen LogP) is 1.99. The zero-order chi connectivity index (χ0) is 14.4. The van der Waals surface area contributed by atoms with E-state index in [0.29, 0.717) is 17.7 Å². The molecular weight excluding hydrogens is 260 g/mol. The standard InChI is InChI=1S/C18H24N2O/c19-17-15-6-5-14(11-15)16(17)18(21)20-9-7-12-3-1-2-4-13(12)8-10-20/h1-4,14-17H,5-11,19H2. The highest BCUT2D eigenvalue weighted by molar-refractivity contribution is 5.80. The smallest absolute Gasteiger partial charge is 0.227 e. The van der Waals surface area contributed by atoms with Crippen molar-refractivity contribution < 1.29 is 4.79 Å². The maximum atomic E-state index is 13.0. The monoisotopic (exact) mass is 284 g/mol. The van der Waals surface area contributed by atoms with Crippen LogP contribution in [0.4, 0.5) is 0 Å². The van der Waals surface area contributed by atoms with Gasteiger partial charge in [0.2, 0.25) is 5.91 Å². The van der Waals surface area contributed by atoms with E-state index in [2.05, 4.69) is 29.2 Å². The molecule has 0 spiro atoms. The van der Waals surface area contributed by atoms with Gasteiger partial charge in [0.05, 0.1) is 5.92 Å². The lowest BCUT2D eigenvalue weighted by molar-refractivity contribution is -0.137. The molecule has 3 heteroatoms. The number of carbonyl (C=O) groups is 1. The average molecular weight is 284 g/mol. The van der Waals surface area contributed by atoms with E-state index in [0.717, 1.165) is 25.9 Å². The molecule has 3 aliphatic rings. The summed E-state index contributed by atoms with van der Waals surface area (Å²) in [5.74, 6) is 1.60. The first-order valence-corrected chi connectivity index (χ1v) is 8.35. The van der Waals surface area contributed by atoms with E-state index in [4.69, 9.17) is 5.73 Å². The van der Waals surface area contributed by atoms with Crippen molar-refractivity contribution in [3.8, 4) is 0 Å². The minimum Gasteiger partial charge on any atom is -0.342 e. The Hall–Kier alpha value is -1.35. The molecule has 2 N–H and O–H groups in total. The van der Waals surface area contributed by atoms with Crippen molar-refractivity contribution >= 4 is 5.91 Å². The van der Waals surface area contributed by atoms with Crippen molar-refractivity contribution in [2.75, 3.05) is 13.1 Å². The van der Waals surface area contributed by atoms with Crippen molar-refractivity contribution in [3.05, 3.63) is 35.4 Å². The zero-order valence-electron chi connectivity index (χ0n) is 12.5. The van der Waals surface area contributed by atoms with E-state index in [-0.39, 0.29) is 12.0 Å². The summed E-state index contributed by atoms with van der Waals surface area (Å²) in [6.45, 7) is 1.72. The number of amides is 1. The minimum atomic E-state index is 0.102. The Morgan fingerprint density at radius 2 is 1.67 bits per heavy atom. The van der Waals surface area contributed by atoms with Crippen LogP contribution in [0, 0.1) is 17.8 Å². The van der Waals surface area contributed by atoms with Crippen LogP contribution in [0.15, 0.2) is 24.3 Å². The molecule has 1 aromatic rings. The maximum absolute atomic E-state index is 13.0. The average Bonchev–Trinajstić information content (AvgIpc) is 3.01. The molecule has 3 nitrogen and oxygen atoms in total. The lowest BCUT2D eigenvalue weighted by Gasteiger charge is -2.32. The van der Waals surface area contributed by atoms with Crippen molar-refractivity contribution in [2.45, 2.75) is 38.1 Å². The van der Waals surface area contributed by atoms with Gasteiger partial charge < -0.3 is 10.6 Å². The van der Waals surface area contributed by atoms with Crippen LogP contribution in [0.3, 0.4) is 0 Å². The Bertz CT molecular complexity index is 527. The molecule has 4 atom stereocenters. The highest BCUT2D eigenvalue weighted by Crippen LogP contribution is 2.48. The topological polar surface area (TPSA) is 46.3 Å². The lowest BCUT2D eigenvalue weighted by atomic mass is 9.84. The molecule has 0 radical (unpaired) electrons. The van der Waals surface area contributed by atoms with Gasteiger partial charge in [-0.15, -0.1) is 0 Å². The van der Waals surface area contributed by atoms with Gasteiger partial charge in [0.1, 0.15) is 0 Å². The molecule has 4 rings (SSSR count). The number of benzene rings is 1. The van der Waals surface area contributed by atoms with Crippen LogP contribution in [-0.2, 0) is 17.6 Å². The SMILES string of the molecule is NC1C2CCC(C2)C1C(=O)N1CCc2ccccc2CC1. The van der Waals surface area contributed by atoms with Crippen LogP contribution >= 0.6 is 0 Å². The summed E-state index contributed by atoms with van der Waals surface area (Å²) in [5.41, 5.74) is 9.16. The summed E-state index contributed by atoms with van der Waals surface area (Å²) in [7, 11) is 0. The number of nitrogens with zero attached hydrogens (tertiary/aromatic N) is 1. The van der Waals surface area contributed by atoms with Crippen LogP contribution in [0.2, 0.25) is 0 Å². The van der Waals surface area contributed by atoms with Gasteiger partial charge in [0, 0.05) is 19.1 Å². The number of rotatable bonds is 1. The fraction of sp³-hybridized carbons (Fsp3) is 0.611. The van der Waals surface area contributed by atoms with Crippen molar-refractivity contribution in [1.29, 1.82) is 0 Å². The van der Waals surface area contributed by atoms with E-state index in [9.17, 15) is 4.79 Å². The molecule has 21 heavy (non-hydrogen) atoms. The summed E-state index contributed by atoms with van der Waals surface area (Å²) in [4.78, 5) is 15.0. The fourth-order valence-electron chi connectivity index (χ4n) is 4.80. The Kier molecular flexibility index (Phi) is 3.26. The highest BCUT2D eigenvalue weighted by Gasteiger charge is 2.50. The third kappa shape index (κ3) is 2.18. The van der Waals surface area contributed by atoms with E-state index in [1.54, 1.807) is 0 Å². The van der Waals surface area contributed by atoms with Crippen molar-refractivity contribution in [1.82, 2.24) is 4.90 Å².